The second-order valence-electron chi connectivity index (χ2n) is 3.97. The lowest BCUT2D eigenvalue weighted by atomic mass is 10.0. The van der Waals surface area contributed by atoms with Gasteiger partial charge in [-0.1, -0.05) is 37.3 Å². The maximum atomic E-state index is 9.53. The van der Waals surface area contributed by atoms with Crippen LogP contribution >= 0.6 is 11.8 Å². The van der Waals surface area contributed by atoms with Crippen LogP contribution in [0.5, 0.6) is 5.75 Å². The molecule has 2 aromatic carbocycles. The number of aliphatic hydroxyl groups excluding tert-OH is 1. The molecule has 0 amide bonds. The summed E-state index contributed by atoms with van der Waals surface area (Å²) in [5, 5.41) is 11.7. The predicted octanol–water partition coefficient (Wildman–Crippen LogP) is 3.46. The molecule has 0 aliphatic carbocycles. The van der Waals surface area contributed by atoms with Crippen LogP contribution in [-0.2, 0) is 6.61 Å². The number of rotatable bonds is 6. The summed E-state index contributed by atoms with van der Waals surface area (Å²) in [5.74, 6) is 2.88. The van der Waals surface area contributed by atoms with Gasteiger partial charge in [-0.2, -0.15) is 11.8 Å². The molecule has 0 radical (unpaired) electrons. The van der Waals surface area contributed by atoms with Gasteiger partial charge in [-0.05, 0) is 22.6 Å². The van der Waals surface area contributed by atoms with E-state index < -0.39 is 0 Å². The SMILES string of the molecule is CCSCCOc1ccc2ccccc2c1CO. The standard InChI is InChI=1S/C15H18O2S/c1-2-18-10-9-17-15-8-7-12-5-3-4-6-13(12)14(15)11-16/h3-8,16H,2,9-11H2,1H3. The number of hydrogen-bond acceptors (Lipinski definition) is 3. The minimum Gasteiger partial charge on any atom is -0.492 e. The van der Waals surface area contributed by atoms with Crippen LogP contribution in [0.2, 0.25) is 0 Å². The van der Waals surface area contributed by atoms with Crippen molar-refractivity contribution in [3.8, 4) is 5.75 Å². The van der Waals surface area contributed by atoms with Crippen molar-refractivity contribution < 1.29 is 9.84 Å². The molecule has 2 aromatic rings. The molecule has 96 valence electrons. The highest BCUT2D eigenvalue weighted by Gasteiger charge is 2.07. The Labute approximate surface area is 112 Å². The van der Waals surface area contributed by atoms with Gasteiger partial charge < -0.3 is 9.84 Å². The van der Waals surface area contributed by atoms with E-state index in [2.05, 4.69) is 6.92 Å². The number of thioether (sulfide) groups is 1. The normalized spacial score (nSPS) is 10.8. The van der Waals surface area contributed by atoms with Gasteiger partial charge in [0, 0.05) is 11.3 Å². The predicted molar refractivity (Wildman–Crippen MR) is 78.4 cm³/mol. The zero-order valence-corrected chi connectivity index (χ0v) is 11.4. The summed E-state index contributed by atoms with van der Waals surface area (Å²) in [6.07, 6.45) is 0. The Hall–Kier alpha value is -1.19. The average Bonchev–Trinajstić information content (AvgIpc) is 2.43. The monoisotopic (exact) mass is 262 g/mol. The highest BCUT2D eigenvalue weighted by atomic mass is 32.2. The lowest BCUT2D eigenvalue weighted by molar-refractivity contribution is 0.269. The van der Waals surface area contributed by atoms with Crippen molar-refractivity contribution in [2.45, 2.75) is 13.5 Å². The molecule has 0 atom stereocenters. The number of aliphatic hydroxyl groups is 1. The topological polar surface area (TPSA) is 29.5 Å². The lowest BCUT2D eigenvalue weighted by Gasteiger charge is -2.12. The van der Waals surface area contributed by atoms with Gasteiger partial charge in [0.15, 0.2) is 0 Å². The first-order valence-corrected chi connectivity index (χ1v) is 7.34. The smallest absolute Gasteiger partial charge is 0.125 e. The molecule has 2 rings (SSSR count). The Kier molecular flexibility index (Phi) is 4.90. The fourth-order valence-corrected chi connectivity index (χ4v) is 2.46. The van der Waals surface area contributed by atoms with Crippen molar-refractivity contribution in [3.63, 3.8) is 0 Å². The van der Waals surface area contributed by atoms with E-state index in [1.807, 2.05) is 48.2 Å². The minimum absolute atomic E-state index is 0.0115. The number of ether oxygens (including phenoxy) is 1. The molecule has 0 aromatic heterocycles. The fraction of sp³-hybridized carbons (Fsp3) is 0.333. The van der Waals surface area contributed by atoms with E-state index in [1.54, 1.807) is 0 Å². The zero-order valence-electron chi connectivity index (χ0n) is 10.6. The van der Waals surface area contributed by atoms with Gasteiger partial charge in [0.25, 0.3) is 0 Å². The molecule has 0 fully saturated rings. The van der Waals surface area contributed by atoms with Crippen molar-refractivity contribution in [2.24, 2.45) is 0 Å². The van der Waals surface area contributed by atoms with Crippen LogP contribution in [0, 0.1) is 0 Å². The first kappa shape index (κ1) is 13.2. The van der Waals surface area contributed by atoms with Crippen molar-refractivity contribution in [2.75, 3.05) is 18.1 Å². The van der Waals surface area contributed by atoms with Gasteiger partial charge in [-0.3, -0.25) is 0 Å². The molecule has 0 unspecified atom stereocenters. The van der Waals surface area contributed by atoms with Crippen LogP contribution in [0.4, 0.5) is 0 Å². The van der Waals surface area contributed by atoms with Crippen molar-refractivity contribution in [1.82, 2.24) is 0 Å². The van der Waals surface area contributed by atoms with Crippen molar-refractivity contribution in [1.29, 1.82) is 0 Å². The highest BCUT2D eigenvalue weighted by Crippen LogP contribution is 2.28. The molecular formula is C15H18O2S. The van der Waals surface area contributed by atoms with Gasteiger partial charge in [0.1, 0.15) is 5.75 Å². The molecule has 0 spiro atoms. The molecule has 0 aliphatic rings. The van der Waals surface area contributed by atoms with E-state index >= 15 is 0 Å². The number of hydrogen-bond donors (Lipinski definition) is 1. The van der Waals surface area contributed by atoms with Crippen LogP contribution in [0.1, 0.15) is 12.5 Å². The number of fused-ring (bicyclic) bond motifs is 1. The molecule has 0 saturated carbocycles. The molecule has 0 saturated heterocycles. The van der Waals surface area contributed by atoms with Gasteiger partial charge in [0.05, 0.1) is 13.2 Å². The summed E-state index contributed by atoms with van der Waals surface area (Å²) in [6.45, 7) is 2.83. The molecule has 0 bridgehead atoms. The molecule has 0 aliphatic heterocycles. The third-order valence-electron chi connectivity index (χ3n) is 2.85. The first-order chi connectivity index (χ1) is 8.86. The Morgan fingerprint density at radius 2 is 2.00 bits per heavy atom. The third-order valence-corrected chi connectivity index (χ3v) is 3.71. The second kappa shape index (κ2) is 6.66. The van der Waals surface area contributed by atoms with E-state index in [4.69, 9.17) is 4.74 Å². The quantitative estimate of drug-likeness (QED) is 0.808. The lowest BCUT2D eigenvalue weighted by Crippen LogP contribution is -2.03. The molecular weight excluding hydrogens is 244 g/mol. The molecule has 1 N–H and O–H groups in total. The average molecular weight is 262 g/mol. The van der Waals surface area contributed by atoms with Crippen LogP contribution in [0.25, 0.3) is 10.8 Å². The Balaban J connectivity index is 2.22. The van der Waals surface area contributed by atoms with Gasteiger partial charge in [0.2, 0.25) is 0 Å². The van der Waals surface area contributed by atoms with Crippen LogP contribution in [-0.4, -0.2) is 23.2 Å². The molecule has 0 heterocycles. The summed E-state index contributed by atoms with van der Waals surface area (Å²) in [7, 11) is 0. The summed E-state index contributed by atoms with van der Waals surface area (Å²) in [4.78, 5) is 0. The zero-order chi connectivity index (χ0) is 12.8. The minimum atomic E-state index is 0.0115. The molecule has 18 heavy (non-hydrogen) atoms. The van der Waals surface area contributed by atoms with Gasteiger partial charge in [-0.25, -0.2) is 0 Å². The Morgan fingerprint density at radius 3 is 2.78 bits per heavy atom. The second-order valence-corrected chi connectivity index (χ2v) is 5.36. The fourth-order valence-electron chi connectivity index (χ4n) is 1.97. The summed E-state index contributed by atoms with van der Waals surface area (Å²) < 4.78 is 5.76. The van der Waals surface area contributed by atoms with Crippen LogP contribution < -0.4 is 4.74 Å². The van der Waals surface area contributed by atoms with E-state index in [0.717, 1.165) is 33.6 Å². The maximum Gasteiger partial charge on any atom is 0.125 e. The third kappa shape index (κ3) is 2.98. The van der Waals surface area contributed by atoms with Crippen molar-refractivity contribution in [3.05, 3.63) is 42.0 Å². The van der Waals surface area contributed by atoms with Gasteiger partial charge >= 0.3 is 0 Å². The van der Waals surface area contributed by atoms with E-state index in [-0.39, 0.29) is 6.61 Å². The van der Waals surface area contributed by atoms with E-state index in [9.17, 15) is 5.11 Å². The maximum absolute atomic E-state index is 9.53. The Morgan fingerprint density at radius 1 is 1.17 bits per heavy atom. The largest absolute Gasteiger partial charge is 0.492 e. The summed E-state index contributed by atoms with van der Waals surface area (Å²) in [5.41, 5.74) is 0.884. The highest BCUT2D eigenvalue weighted by molar-refractivity contribution is 7.99. The van der Waals surface area contributed by atoms with Gasteiger partial charge in [-0.15, -0.1) is 0 Å². The summed E-state index contributed by atoms with van der Waals surface area (Å²) >= 11 is 1.86. The summed E-state index contributed by atoms with van der Waals surface area (Å²) in [6, 6.07) is 12.0. The van der Waals surface area contributed by atoms with Crippen molar-refractivity contribution >= 4 is 22.5 Å². The molecule has 3 heteroatoms. The van der Waals surface area contributed by atoms with Crippen LogP contribution in [0.15, 0.2) is 36.4 Å². The van der Waals surface area contributed by atoms with E-state index in [0.29, 0.717) is 6.61 Å². The first-order valence-electron chi connectivity index (χ1n) is 6.19. The Bertz CT molecular complexity index is 511. The molecule has 2 nitrogen and oxygen atoms in total. The van der Waals surface area contributed by atoms with E-state index in [1.165, 1.54) is 0 Å². The number of benzene rings is 2. The van der Waals surface area contributed by atoms with Crippen LogP contribution in [0.3, 0.4) is 0 Å².